The van der Waals surface area contributed by atoms with Crippen molar-refractivity contribution in [2.24, 2.45) is 0 Å². The van der Waals surface area contributed by atoms with E-state index in [0.717, 1.165) is 5.56 Å². The lowest BCUT2D eigenvalue weighted by Gasteiger charge is -2.08. The van der Waals surface area contributed by atoms with Gasteiger partial charge in [-0.25, -0.2) is 4.79 Å². The molecule has 0 bridgehead atoms. The smallest absolute Gasteiger partial charge is 0.336 e. The van der Waals surface area contributed by atoms with E-state index in [-0.39, 0.29) is 5.75 Å². The molecule has 4 nitrogen and oxygen atoms in total. The van der Waals surface area contributed by atoms with Crippen LogP contribution in [0.5, 0.6) is 11.5 Å². The summed E-state index contributed by atoms with van der Waals surface area (Å²) in [7, 11) is 1.47. The van der Waals surface area contributed by atoms with Crippen molar-refractivity contribution in [2.45, 2.75) is 0 Å². The molecule has 2 aromatic rings. The predicted molar refractivity (Wildman–Crippen MR) is 98.8 cm³/mol. The van der Waals surface area contributed by atoms with Gasteiger partial charge >= 0.3 is 5.97 Å². The average Bonchev–Trinajstić information content (AvgIpc) is 2.60. The second-order valence-electron chi connectivity index (χ2n) is 4.79. The monoisotopic (exact) mass is 373 g/mol. The molecule has 0 spiro atoms. The van der Waals surface area contributed by atoms with Crippen LogP contribution in [-0.2, 0) is 4.79 Å². The van der Waals surface area contributed by atoms with Gasteiger partial charge < -0.3 is 9.47 Å². The summed E-state index contributed by atoms with van der Waals surface area (Å²) >= 11 is 11.9. The molecule has 0 radical (unpaired) electrons. The van der Waals surface area contributed by atoms with Crippen LogP contribution in [0.3, 0.4) is 0 Å². The largest absolute Gasteiger partial charge is 0.493 e. The Morgan fingerprint density at radius 2 is 1.92 bits per heavy atom. The molecule has 0 aliphatic carbocycles. The fourth-order valence-corrected chi connectivity index (χ4v) is 2.41. The number of hydrogen-bond acceptors (Lipinski definition) is 4. The number of benzene rings is 2. The normalized spacial score (nSPS) is 10.8. The zero-order valence-corrected chi connectivity index (χ0v) is 14.7. The summed E-state index contributed by atoms with van der Waals surface area (Å²) in [5.74, 6) is 0.0736. The molecule has 0 amide bonds. The lowest BCUT2D eigenvalue weighted by molar-refractivity contribution is -0.129. The van der Waals surface area contributed by atoms with Gasteiger partial charge in [0.05, 0.1) is 13.2 Å². The average molecular weight is 374 g/mol. The molecular formula is C19H13Cl2NO3. The summed E-state index contributed by atoms with van der Waals surface area (Å²) in [5, 5.41) is 9.50. The Labute approximate surface area is 155 Å². The molecule has 0 heterocycles. The van der Waals surface area contributed by atoms with Gasteiger partial charge in [-0.1, -0.05) is 35.3 Å². The Bertz CT molecular complexity index is 883. The minimum absolute atomic E-state index is 0.272. The number of allylic oxidation sites excluding steroid dienone is 1. The second kappa shape index (κ2) is 8.93. The van der Waals surface area contributed by atoms with Crippen molar-refractivity contribution >= 4 is 41.3 Å². The van der Waals surface area contributed by atoms with Crippen LogP contribution < -0.4 is 9.47 Å². The van der Waals surface area contributed by atoms with E-state index in [1.54, 1.807) is 42.5 Å². The highest BCUT2D eigenvalue weighted by Crippen LogP contribution is 2.29. The van der Waals surface area contributed by atoms with Crippen molar-refractivity contribution in [2.75, 3.05) is 7.11 Å². The molecule has 0 unspecified atom stereocenters. The SMILES string of the molecule is COc1cc(/C=C\C#N)ccc1OC(=O)/C=C/c1ccc(Cl)cc1Cl. The third-order valence-electron chi connectivity index (χ3n) is 3.11. The Hall–Kier alpha value is -2.74. The molecule has 6 heteroatoms. The summed E-state index contributed by atoms with van der Waals surface area (Å²) in [6.07, 6.45) is 5.77. The number of esters is 1. The minimum atomic E-state index is -0.579. The Balaban J connectivity index is 2.13. The van der Waals surface area contributed by atoms with Crippen molar-refractivity contribution in [1.29, 1.82) is 5.26 Å². The zero-order valence-electron chi connectivity index (χ0n) is 13.2. The minimum Gasteiger partial charge on any atom is -0.493 e. The third kappa shape index (κ3) is 5.39. The molecule has 0 fully saturated rings. The van der Waals surface area contributed by atoms with E-state index in [4.69, 9.17) is 37.9 Å². The first-order valence-electron chi connectivity index (χ1n) is 7.12. The van der Waals surface area contributed by atoms with Crippen molar-refractivity contribution < 1.29 is 14.3 Å². The molecule has 0 saturated heterocycles. The van der Waals surface area contributed by atoms with E-state index in [2.05, 4.69) is 0 Å². The lowest BCUT2D eigenvalue weighted by atomic mass is 10.2. The maximum atomic E-state index is 12.0. The first-order chi connectivity index (χ1) is 12.0. The van der Waals surface area contributed by atoms with Gasteiger partial charge in [-0.3, -0.25) is 0 Å². The number of carbonyl (C=O) groups is 1. The van der Waals surface area contributed by atoms with Gasteiger partial charge in [0.1, 0.15) is 0 Å². The highest BCUT2D eigenvalue weighted by atomic mass is 35.5. The van der Waals surface area contributed by atoms with E-state index in [0.29, 0.717) is 21.4 Å². The van der Waals surface area contributed by atoms with Crippen LogP contribution in [-0.4, -0.2) is 13.1 Å². The molecule has 0 atom stereocenters. The quantitative estimate of drug-likeness (QED) is 0.314. The highest BCUT2D eigenvalue weighted by molar-refractivity contribution is 6.35. The molecule has 0 aliphatic rings. The van der Waals surface area contributed by atoms with E-state index in [1.807, 2.05) is 6.07 Å². The maximum absolute atomic E-state index is 12.0. The second-order valence-corrected chi connectivity index (χ2v) is 5.64. The van der Waals surface area contributed by atoms with E-state index in [1.165, 1.54) is 25.3 Å². The first kappa shape index (κ1) is 18.6. The lowest BCUT2D eigenvalue weighted by Crippen LogP contribution is -2.05. The molecule has 0 saturated carbocycles. The molecule has 2 rings (SSSR count). The third-order valence-corrected chi connectivity index (χ3v) is 3.67. The van der Waals surface area contributed by atoms with Crippen LogP contribution >= 0.6 is 23.2 Å². The number of methoxy groups -OCH3 is 1. The van der Waals surface area contributed by atoms with Crippen LogP contribution in [0.15, 0.2) is 48.6 Å². The van der Waals surface area contributed by atoms with Gasteiger partial charge in [0, 0.05) is 22.2 Å². The van der Waals surface area contributed by atoms with E-state index >= 15 is 0 Å². The molecular weight excluding hydrogens is 361 g/mol. The standard InChI is InChI=1S/C19H13Cl2NO3/c1-24-18-11-13(3-2-10-22)4-8-17(18)25-19(23)9-6-14-5-7-15(20)12-16(14)21/h2-9,11-12H,1H3/b3-2-,9-6+. The van der Waals surface area contributed by atoms with E-state index < -0.39 is 5.97 Å². The van der Waals surface area contributed by atoms with Gasteiger partial charge in [0.25, 0.3) is 0 Å². The van der Waals surface area contributed by atoms with Crippen molar-refractivity contribution in [3.63, 3.8) is 0 Å². The molecule has 0 aliphatic heterocycles. The molecule has 2 aromatic carbocycles. The van der Waals surface area contributed by atoms with Crippen LogP contribution in [0.25, 0.3) is 12.2 Å². The van der Waals surface area contributed by atoms with Gasteiger partial charge in [0.15, 0.2) is 11.5 Å². The van der Waals surface area contributed by atoms with Gasteiger partial charge in [-0.05, 0) is 47.5 Å². The zero-order chi connectivity index (χ0) is 18.2. The fraction of sp³-hybridized carbons (Fsp3) is 0.0526. The molecule has 0 aromatic heterocycles. The Morgan fingerprint density at radius 1 is 1.12 bits per heavy atom. The topological polar surface area (TPSA) is 59.3 Å². The molecule has 126 valence electrons. The molecule has 25 heavy (non-hydrogen) atoms. The number of rotatable bonds is 5. The van der Waals surface area contributed by atoms with Gasteiger partial charge in [-0.2, -0.15) is 5.26 Å². The van der Waals surface area contributed by atoms with Crippen LogP contribution in [0.4, 0.5) is 0 Å². The first-order valence-corrected chi connectivity index (χ1v) is 7.88. The maximum Gasteiger partial charge on any atom is 0.336 e. The number of nitriles is 1. The number of hydrogen-bond donors (Lipinski definition) is 0. The summed E-state index contributed by atoms with van der Waals surface area (Å²) in [6.45, 7) is 0. The number of carbonyl (C=O) groups excluding carboxylic acids is 1. The number of ether oxygens (including phenoxy) is 2. The van der Waals surface area contributed by atoms with Crippen LogP contribution in [0.1, 0.15) is 11.1 Å². The Kier molecular flexibility index (Phi) is 6.64. The summed E-state index contributed by atoms with van der Waals surface area (Å²) in [4.78, 5) is 12.0. The molecule has 0 N–H and O–H groups in total. The van der Waals surface area contributed by atoms with Crippen LogP contribution in [0.2, 0.25) is 10.0 Å². The van der Waals surface area contributed by atoms with Crippen molar-refractivity contribution in [3.8, 4) is 17.6 Å². The van der Waals surface area contributed by atoms with Crippen molar-refractivity contribution in [1.82, 2.24) is 0 Å². The summed E-state index contributed by atoms with van der Waals surface area (Å²) < 4.78 is 10.5. The van der Waals surface area contributed by atoms with Gasteiger partial charge in [-0.15, -0.1) is 0 Å². The van der Waals surface area contributed by atoms with Gasteiger partial charge in [0.2, 0.25) is 0 Å². The Morgan fingerprint density at radius 3 is 2.60 bits per heavy atom. The highest BCUT2D eigenvalue weighted by Gasteiger charge is 2.09. The number of halogens is 2. The summed E-state index contributed by atoms with van der Waals surface area (Å²) in [5.41, 5.74) is 1.40. The number of nitrogens with zero attached hydrogens (tertiary/aromatic N) is 1. The van der Waals surface area contributed by atoms with E-state index in [9.17, 15) is 4.79 Å². The summed E-state index contributed by atoms with van der Waals surface area (Å²) in [6, 6.07) is 11.8. The van der Waals surface area contributed by atoms with Crippen LogP contribution in [0, 0.1) is 11.3 Å². The van der Waals surface area contributed by atoms with Crippen molar-refractivity contribution in [3.05, 3.63) is 69.7 Å². The predicted octanol–water partition coefficient (Wildman–Crippen LogP) is 5.16. The fourth-order valence-electron chi connectivity index (χ4n) is 1.94.